The van der Waals surface area contributed by atoms with Crippen molar-refractivity contribution in [3.05, 3.63) is 94.0 Å². The van der Waals surface area contributed by atoms with Gasteiger partial charge in [-0.25, -0.2) is 0 Å². The third-order valence-electron chi connectivity index (χ3n) is 4.24. The molecule has 0 atom stereocenters. The topological polar surface area (TPSA) is 86.9 Å². The maximum absolute atomic E-state index is 13.0. The number of aromatic hydroxyl groups is 1. The highest BCUT2D eigenvalue weighted by Crippen LogP contribution is 2.30. The number of amides is 1. The summed E-state index contributed by atoms with van der Waals surface area (Å²) in [5.74, 6) is -0.442. The molecular formula is C22H15Cl2N3O3. The molecule has 30 heavy (non-hydrogen) atoms. The molecule has 6 nitrogen and oxygen atoms in total. The maximum atomic E-state index is 13.0. The minimum atomic E-state index is -0.480. The van der Waals surface area contributed by atoms with Gasteiger partial charge in [-0.2, -0.15) is 0 Å². The smallest absolute Gasteiger partial charge is 0.261 e. The fraction of sp³-hybridized carbons (Fsp3) is 0. The predicted octanol–water partition coefficient (Wildman–Crippen LogP) is 5.63. The SMILES string of the molecule is O=C(Nc1cccc(Cl)c1Cl)c1cc2ccc(O)cc2o/c1=N\Nc1ccccc1. The lowest BCUT2D eigenvalue weighted by molar-refractivity contribution is 0.102. The van der Waals surface area contributed by atoms with Crippen molar-refractivity contribution in [3.63, 3.8) is 0 Å². The number of phenolic OH excluding ortho intramolecular Hbond substituents is 1. The van der Waals surface area contributed by atoms with Crippen LogP contribution in [0.5, 0.6) is 5.75 Å². The molecule has 0 spiro atoms. The molecule has 3 aromatic carbocycles. The fourth-order valence-electron chi connectivity index (χ4n) is 2.77. The lowest BCUT2D eigenvalue weighted by atomic mass is 10.1. The van der Waals surface area contributed by atoms with Crippen LogP contribution in [-0.2, 0) is 0 Å². The molecule has 150 valence electrons. The van der Waals surface area contributed by atoms with Gasteiger partial charge in [0.05, 0.1) is 21.4 Å². The number of carbonyl (C=O) groups excluding carboxylic acids is 1. The Morgan fingerprint density at radius 1 is 0.967 bits per heavy atom. The van der Waals surface area contributed by atoms with Crippen molar-refractivity contribution < 1.29 is 14.3 Å². The molecule has 0 unspecified atom stereocenters. The fourth-order valence-corrected chi connectivity index (χ4v) is 3.12. The van der Waals surface area contributed by atoms with E-state index >= 15 is 0 Å². The Balaban J connectivity index is 1.79. The zero-order chi connectivity index (χ0) is 21.1. The van der Waals surface area contributed by atoms with E-state index in [4.69, 9.17) is 27.6 Å². The second kappa shape index (κ2) is 8.49. The molecule has 0 fully saturated rings. The number of fused-ring (bicyclic) bond motifs is 1. The van der Waals surface area contributed by atoms with Gasteiger partial charge in [-0.3, -0.25) is 10.2 Å². The first-order chi connectivity index (χ1) is 14.5. The highest BCUT2D eigenvalue weighted by molar-refractivity contribution is 6.44. The van der Waals surface area contributed by atoms with Gasteiger partial charge < -0.3 is 14.8 Å². The van der Waals surface area contributed by atoms with Gasteiger partial charge >= 0.3 is 0 Å². The highest BCUT2D eigenvalue weighted by Gasteiger charge is 2.15. The van der Waals surface area contributed by atoms with E-state index in [-0.39, 0.29) is 21.9 Å². The minimum absolute atomic E-state index is 0.0348. The Bertz CT molecular complexity index is 1300. The van der Waals surface area contributed by atoms with Gasteiger partial charge in [0.1, 0.15) is 16.9 Å². The van der Waals surface area contributed by atoms with Gasteiger partial charge in [0.2, 0.25) is 5.55 Å². The number of carbonyl (C=O) groups is 1. The molecule has 1 amide bonds. The first-order valence-corrected chi connectivity index (χ1v) is 9.64. The Kier molecular flexibility index (Phi) is 5.61. The second-order valence-corrected chi connectivity index (χ2v) is 7.12. The minimum Gasteiger partial charge on any atom is -0.508 e. The van der Waals surface area contributed by atoms with Gasteiger partial charge in [-0.1, -0.05) is 47.5 Å². The van der Waals surface area contributed by atoms with Crippen molar-refractivity contribution in [1.82, 2.24) is 0 Å². The van der Waals surface area contributed by atoms with Crippen LogP contribution in [-0.4, -0.2) is 11.0 Å². The Morgan fingerprint density at radius 3 is 2.57 bits per heavy atom. The molecule has 0 saturated heterocycles. The monoisotopic (exact) mass is 439 g/mol. The molecule has 1 aromatic heterocycles. The van der Waals surface area contributed by atoms with Crippen LogP contribution in [0.15, 0.2) is 82.3 Å². The van der Waals surface area contributed by atoms with Crippen LogP contribution in [0.3, 0.4) is 0 Å². The lowest BCUT2D eigenvalue weighted by Gasteiger charge is -2.09. The molecular weight excluding hydrogens is 425 g/mol. The van der Waals surface area contributed by atoms with Crippen molar-refractivity contribution in [1.29, 1.82) is 0 Å². The number of nitrogens with one attached hydrogen (secondary N) is 2. The summed E-state index contributed by atoms with van der Waals surface area (Å²) in [5.41, 5.74) is 4.52. The zero-order valence-corrected chi connectivity index (χ0v) is 16.9. The molecule has 0 aliphatic carbocycles. The molecule has 4 aromatic rings. The standard InChI is InChI=1S/C22H15Cl2N3O3/c23-17-7-4-8-18(20(17)24)25-21(29)16-11-13-9-10-15(28)12-19(13)30-22(16)27-26-14-5-2-1-3-6-14/h1-12,26,28H,(H,25,29)/b27-22-. The van der Waals surface area contributed by atoms with Crippen molar-refractivity contribution >= 4 is 51.5 Å². The van der Waals surface area contributed by atoms with E-state index < -0.39 is 5.91 Å². The van der Waals surface area contributed by atoms with E-state index in [2.05, 4.69) is 15.8 Å². The van der Waals surface area contributed by atoms with Crippen LogP contribution >= 0.6 is 23.2 Å². The Labute approximate surface area is 181 Å². The zero-order valence-electron chi connectivity index (χ0n) is 15.4. The summed E-state index contributed by atoms with van der Waals surface area (Å²) in [4.78, 5) is 13.0. The van der Waals surface area contributed by atoms with Crippen LogP contribution in [0.2, 0.25) is 10.0 Å². The molecule has 0 aliphatic rings. The summed E-state index contributed by atoms with van der Waals surface area (Å²) in [6.07, 6.45) is 0. The van der Waals surface area contributed by atoms with Crippen molar-refractivity contribution in [2.24, 2.45) is 5.10 Å². The highest BCUT2D eigenvalue weighted by atomic mass is 35.5. The number of nitrogens with zero attached hydrogens (tertiary/aromatic N) is 1. The number of para-hydroxylation sites is 1. The summed E-state index contributed by atoms with van der Waals surface area (Å²) >= 11 is 12.2. The molecule has 0 bridgehead atoms. The van der Waals surface area contributed by atoms with Crippen LogP contribution in [0, 0.1) is 0 Å². The molecule has 0 radical (unpaired) electrons. The summed E-state index contributed by atoms with van der Waals surface area (Å²) < 4.78 is 5.80. The number of benzene rings is 3. The molecule has 0 aliphatic heterocycles. The maximum Gasteiger partial charge on any atom is 0.261 e. The second-order valence-electron chi connectivity index (χ2n) is 6.33. The number of phenols is 1. The van der Waals surface area contributed by atoms with Gasteiger partial charge in [0, 0.05) is 11.5 Å². The van der Waals surface area contributed by atoms with Crippen molar-refractivity contribution in [3.8, 4) is 5.75 Å². The lowest BCUT2D eigenvalue weighted by Crippen LogP contribution is -2.23. The van der Waals surface area contributed by atoms with E-state index in [1.165, 1.54) is 12.1 Å². The van der Waals surface area contributed by atoms with Crippen LogP contribution in [0.25, 0.3) is 11.0 Å². The normalized spacial score (nSPS) is 11.5. The van der Waals surface area contributed by atoms with Gasteiger partial charge in [-0.05, 0) is 42.5 Å². The molecule has 8 heteroatoms. The number of hydrogen-bond donors (Lipinski definition) is 3. The predicted molar refractivity (Wildman–Crippen MR) is 118 cm³/mol. The Morgan fingerprint density at radius 2 is 1.77 bits per heavy atom. The number of hydrogen-bond acceptors (Lipinski definition) is 5. The Hall–Kier alpha value is -3.48. The van der Waals surface area contributed by atoms with E-state index in [1.807, 2.05) is 30.3 Å². The number of rotatable bonds is 4. The van der Waals surface area contributed by atoms with Crippen LogP contribution in [0.4, 0.5) is 11.4 Å². The third-order valence-corrected chi connectivity index (χ3v) is 5.06. The number of halogens is 2. The van der Waals surface area contributed by atoms with E-state index in [1.54, 1.807) is 30.3 Å². The van der Waals surface area contributed by atoms with Crippen LogP contribution in [0.1, 0.15) is 10.4 Å². The molecule has 3 N–H and O–H groups in total. The largest absolute Gasteiger partial charge is 0.508 e. The number of anilines is 2. The molecule has 4 rings (SSSR count). The third kappa shape index (κ3) is 4.25. The van der Waals surface area contributed by atoms with Gasteiger partial charge in [-0.15, -0.1) is 5.10 Å². The average Bonchev–Trinajstić information content (AvgIpc) is 2.75. The first kappa shape index (κ1) is 19.8. The van der Waals surface area contributed by atoms with Gasteiger partial charge in [0.15, 0.2) is 0 Å². The van der Waals surface area contributed by atoms with E-state index in [9.17, 15) is 9.90 Å². The van der Waals surface area contributed by atoms with E-state index in [0.29, 0.717) is 27.4 Å². The molecule has 0 saturated carbocycles. The summed E-state index contributed by atoms with van der Waals surface area (Å²) in [6.45, 7) is 0. The van der Waals surface area contributed by atoms with Crippen molar-refractivity contribution in [2.45, 2.75) is 0 Å². The summed E-state index contributed by atoms with van der Waals surface area (Å²) in [6, 6.07) is 20.4. The first-order valence-electron chi connectivity index (χ1n) is 8.88. The van der Waals surface area contributed by atoms with E-state index in [0.717, 1.165) is 0 Å². The van der Waals surface area contributed by atoms with Crippen molar-refractivity contribution in [2.75, 3.05) is 10.7 Å². The van der Waals surface area contributed by atoms with Crippen LogP contribution < -0.4 is 16.3 Å². The summed E-state index contributed by atoms with van der Waals surface area (Å²) in [5, 5.41) is 17.9. The van der Waals surface area contributed by atoms with Gasteiger partial charge in [0.25, 0.3) is 5.91 Å². The molecule has 1 heterocycles. The summed E-state index contributed by atoms with van der Waals surface area (Å²) in [7, 11) is 0. The average molecular weight is 440 g/mol. The quantitative estimate of drug-likeness (QED) is 0.359.